The molecule has 0 aliphatic rings. The molecule has 0 aromatic heterocycles. The van der Waals surface area contributed by atoms with Crippen LogP contribution in [0.1, 0.15) is 31.9 Å². The summed E-state index contributed by atoms with van der Waals surface area (Å²) in [5.74, 6) is 0. The third-order valence-electron chi connectivity index (χ3n) is 3.09. The Bertz CT molecular complexity index is 394. The molecule has 0 heterocycles. The van der Waals surface area contributed by atoms with E-state index in [1.54, 1.807) is 0 Å². The smallest absolute Gasteiger partial charge is 0.0782 e. The quantitative estimate of drug-likeness (QED) is 0.832. The molecule has 4 heteroatoms. The van der Waals surface area contributed by atoms with Crippen molar-refractivity contribution in [1.82, 2.24) is 4.90 Å². The lowest BCUT2D eigenvalue weighted by molar-refractivity contribution is 0.199. The zero-order valence-electron chi connectivity index (χ0n) is 12.4. The summed E-state index contributed by atoms with van der Waals surface area (Å²) in [6.07, 6.45) is 0.654. The van der Waals surface area contributed by atoms with Gasteiger partial charge in [0.25, 0.3) is 0 Å². The zero-order valence-corrected chi connectivity index (χ0v) is 13.9. The Morgan fingerprint density at radius 3 is 2.42 bits per heavy atom. The van der Waals surface area contributed by atoms with Gasteiger partial charge in [0.2, 0.25) is 0 Å². The molecule has 1 N–H and O–H groups in total. The number of hydrogen-bond donors (Lipinski definition) is 1. The van der Waals surface area contributed by atoms with E-state index in [1.807, 2.05) is 19.1 Å². The van der Waals surface area contributed by atoms with Crippen molar-refractivity contribution in [2.45, 2.75) is 26.4 Å². The Hall–Kier alpha value is -0.580. The van der Waals surface area contributed by atoms with Crippen molar-refractivity contribution in [3.63, 3.8) is 0 Å². The van der Waals surface area contributed by atoms with Crippen LogP contribution in [0.2, 0.25) is 0 Å². The molecular formula is C15H25BrN2O. The van der Waals surface area contributed by atoms with Crippen LogP contribution >= 0.6 is 15.9 Å². The summed E-state index contributed by atoms with van der Waals surface area (Å²) in [5.41, 5.74) is 2.13. The van der Waals surface area contributed by atoms with E-state index in [4.69, 9.17) is 0 Å². The lowest BCUT2D eigenvalue weighted by atomic mass is 10.1. The largest absolute Gasteiger partial charge is 0.389 e. The van der Waals surface area contributed by atoms with E-state index in [0.29, 0.717) is 0 Å². The number of aliphatic hydroxyl groups is 1. The summed E-state index contributed by atoms with van der Waals surface area (Å²) < 4.78 is 1.05. The summed E-state index contributed by atoms with van der Waals surface area (Å²) in [4.78, 5) is 4.54. The Balaban J connectivity index is 3.02. The van der Waals surface area contributed by atoms with E-state index in [-0.39, 0.29) is 0 Å². The van der Waals surface area contributed by atoms with E-state index in [0.717, 1.165) is 41.8 Å². The highest BCUT2D eigenvalue weighted by Gasteiger charge is 2.14. The highest BCUT2D eigenvalue weighted by Crippen LogP contribution is 2.29. The van der Waals surface area contributed by atoms with Crippen LogP contribution in [0.15, 0.2) is 22.7 Å². The average Bonchev–Trinajstić information content (AvgIpc) is 2.33. The normalized spacial score (nSPS) is 12.8. The molecule has 19 heavy (non-hydrogen) atoms. The third-order valence-corrected chi connectivity index (χ3v) is 3.59. The van der Waals surface area contributed by atoms with Gasteiger partial charge in [0, 0.05) is 35.4 Å². The average molecular weight is 329 g/mol. The molecule has 0 aliphatic carbocycles. The van der Waals surface area contributed by atoms with Gasteiger partial charge in [-0.3, -0.25) is 0 Å². The van der Waals surface area contributed by atoms with Gasteiger partial charge in [-0.15, -0.1) is 0 Å². The molecule has 1 atom stereocenters. The van der Waals surface area contributed by atoms with Crippen molar-refractivity contribution in [2.75, 3.05) is 38.6 Å². The highest BCUT2D eigenvalue weighted by atomic mass is 79.9. The number of hydrogen-bond acceptors (Lipinski definition) is 3. The van der Waals surface area contributed by atoms with Gasteiger partial charge in [-0.2, -0.15) is 0 Å². The number of nitrogens with zero attached hydrogens (tertiary/aromatic N) is 2. The van der Waals surface area contributed by atoms with Crippen LogP contribution < -0.4 is 4.90 Å². The van der Waals surface area contributed by atoms with E-state index in [2.05, 4.69) is 52.8 Å². The first-order valence-electron chi connectivity index (χ1n) is 6.83. The fraction of sp³-hybridized carbons (Fsp3) is 0.600. The van der Waals surface area contributed by atoms with E-state index >= 15 is 0 Å². The van der Waals surface area contributed by atoms with E-state index in [9.17, 15) is 5.11 Å². The molecule has 0 aliphatic heterocycles. The minimum absolute atomic E-state index is 0.443. The molecule has 0 spiro atoms. The first-order valence-corrected chi connectivity index (χ1v) is 7.62. The minimum Gasteiger partial charge on any atom is -0.389 e. The van der Waals surface area contributed by atoms with Crippen LogP contribution in [0.4, 0.5) is 5.69 Å². The number of halogens is 1. The molecule has 3 nitrogen and oxygen atoms in total. The van der Waals surface area contributed by atoms with E-state index < -0.39 is 6.10 Å². The summed E-state index contributed by atoms with van der Waals surface area (Å²) >= 11 is 3.53. The van der Waals surface area contributed by atoms with Gasteiger partial charge < -0.3 is 14.9 Å². The monoisotopic (exact) mass is 328 g/mol. The summed E-state index contributed by atoms with van der Waals surface area (Å²) in [7, 11) is 4.17. The Morgan fingerprint density at radius 1 is 1.21 bits per heavy atom. The lowest BCUT2D eigenvalue weighted by Gasteiger charge is -2.29. The van der Waals surface area contributed by atoms with Gasteiger partial charge in [-0.05, 0) is 39.6 Å². The maximum Gasteiger partial charge on any atom is 0.0782 e. The molecule has 0 saturated heterocycles. The van der Waals surface area contributed by atoms with Crippen LogP contribution in [-0.2, 0) is 0 Å². The summed E-state index contributed by atoms with van der Waals surface area (Å²) in [6, 6.07) is 6.09. The molecular weight excluding hydrogens is 304 g/mol. The predicted octanol–water partition coefficient (Wildman–Crippen LogP) is 3.28. The number of rotatable bonds is 7. The van der Waals surface area contributed by atoms with Gasteiger partial charge in [0.15, 0.2) is 0 Å². The molecule has 0 bridgehead atoms. The lowest BCUT2D eigenvalue weighted by Crippen LogP contribution is -2.33. The standard InChI is InChI=1S/C15H25BrN2O/c1-5-8-18(10-9-17(3)4)15-11-13(16)6-7-14(15)12(2)19/h6-7,11-12,19H,5,8-10H2,1-4H3. The van der Waals surface area contributed by atoms with Crippen molar-refractivity contribution in [3.05, 3.63) is 28.2 Å². The van der Waals surface area contributed by atoms with Gasteiger partial charge in [0.1, 0.15) is 0 Å². The molecule has 0 radical (unpaired) electrons. The van der Waals surface area contributed by atoms with Crippen molar-refractivity contribution >= 4 is 21.6 Å². The van der Waals surface area contributed by atoms with Crippen molar-refractivity contribution < 1.29 is 5.11 Å². The summed E-state index contributed by atoms with van der Waals surface area (Å²) in [5, 5.41) is 9.94. The Morgan fingerprint density at radius 2 is 1.89 bits per heavy atom. The molecule has 1 unspecified atom stereocenters. The maximum atomic E-state index is 9.94. The molecule has 1 aromatic carbocycles. The van der Waals surface area contributed by atoms with Gasteiger partial charge in [0.05, 0.1) is 6.10 Å². The van der Waals surface area contributed by atoms with Crippen molar-refractivity contribution in [1.29, 1.82) is 0 Å². The van der Waals surface area contributed by atoms with Crippen molar-refractivity contribution in [3.8, 4) is 0 Å². The van der Waals surface area contributed by atoms with E-state index in [1.165, 1.54) is 0 Å². The fourth-order valence-corrected chi connectivity index (χ4v) is 2.44. The molecule has 0 amide bonds. The molecule has 1 aromatic rings. The van der Waals surface area contributed by atoms with Gasteiger partial charge >= 0.3 is 0 Å². The molecule has 108 valence electrons. The minimum atomic E-state index is -0.443. The Labute approximate surface area is 125 Å². The Kier molecular flexibility index (Phi) is 6.83. The predicted molar refractivity (Wildman–Crippen MR) is 85.8 cm³/mol. The SMILES string of the molecule is CCCN(CCN(C)C)c1cc(Br)ccc1C(C)O. The first kappa shape index (κ1) is 16.5. The second kappa shape index (κ2) is 7.88. The van der Waals surface area contributed by atoms with Crippen molar-refractivity contribution in [2.24, 2.45) is 0 Å². The second-order valence-corrected chi connectivity index (χ2v) is 6.09. The fourth-order valence-electron chi connectivity index (χ4n) is 2.09. The number of likely N-dealkylation sites (N-methyl/N-ethyl adjacent to an activating group) is 1. The second-order valence-electron chi connectivity index (χ2n) is 5.17. The first-order chi connectivity index (χ1) is 8.95. The van der Waals surface area contributed by atoms with Crippen LogP contribution in [0.25, 0.3) is 0 Å². The zero-order chi connectivity index (χ0) is 14.4. The van der Waals surface area contributed by atoms with Gasteiger partial charge in [-0.1, -0.05) is 28.9 Å². The number of benzene rings is 1. The van der Waals surface area contributed by atoms with Crippen LogP contribution in [-0.4, -0.2) is 43.7 Å². The molecule has 0 saturated carbocycles. The number of anilines is 1. The highest BCUT2D eigenvalue weighted by molar-refractivity contribution is 9.10. The molecule has 1 rings (SSSR count). The molecule has 0 fully saturated rings. The van der Waals surface area contributed by atoms with Crippen LogP contribution in [0.3, 0.4) is 0 Å². The summed E-state index contributed by atoms with van der Waals surface area (Å²) in [6.45, 7) is 6.98. The van der Waals surface area contributed by atoms with Crippen LogP contribution in [0, 0.1) is 0 Å². The van der Waals surface area contributed by atoms with Gasteiger partial charge in [-0.25, -0.2) is 0 Å². The third kappa shape index (κ3) is 5.13. The number of aliphatic hydroxyl groups excluding tert-OH is 1. The topological polar surface area (TPSA) is 26.7 Å². The van der Waals surface area contributed by atoms with Crippen LogP contribution in [0.5, 0.6) is 0 Å². The maximum absolute atomic E-state index is 9.94.